The Hall–Kier alpha value is -1.39. The van der Waals surface area contributed by atoms with Crippen molar-refractivity contribution in [2.45, 2.75) is 40.0 Å². The number of carbonyl (C=O) groups excluding carboxylic acids is 1. The monoisotopic (exact) mass is 240 g/mol. The molecule has 17 heavy (non-hydrogen) atoms. The third-order valence-electron chi connectivity index (χ3n) is 2.90. The Morgan fingerprint density at radius 2 is 2.18 bits per heavy atom. The number of amides is 1. The summed E-state index contributed by atoms with van der Waals surface area (Å²) in [4.78, 5) is 22.5. The van der Waals surface area contributed by atoms with Gasteiger partial charge in [-0.2, -0.15) is 5.10 Å². The second-order valence-electron chi connectivity index (χ2n) is 4.87. The largest absolute Gasteiger partial charge is 0.481 e. The minimum Gasteiger partial charge on any atom is -0.481 e. The molecule has 0 spiro atoms. The molecule has 0 aliphatic carbocycles. The molecule has 1 rings (SSSR count). The summed E-state index contributed by atoms with van der Waals surface area (Å²) in [6.07, 6.45) is 1.27. The molecule has 1 amide bonds. The highest BCUT2D eigenvalue weighted by Crippen LogP contribution is 2.21. The molecule has 1 aliphatic heterocycles. The second kappa shape index (κ2) is 5.80. The summed E-state index contributed by atoms with van der Waals surface area (Å²) in [5.41, 5.74) is 0.736. The summed E-state index contributed by atoms with van der Waals surface area (Å²) in [5.74, 6) is -0.731. The van der Waals surface area contributed by atoms with Crippen LogP contribution in [0, 0.1) is 11.8 Å². The molecule has 5 heteroatoms. The van der Waals surface area contributed by atoms with E-state index in [-0.39, 0.29) is 18.2 Å². The first kappa shape index (κ1) is 13.7. The molecule has 1 N–H and O–H groups in total. The number of nitrogens with zero attached hydrogens (tertiary/aromatic N) is 2. The Morgan fingerprint density at radius 1 is 1.53 bits per heavy atom. The van der Waals surface area contributed by atoms with Crippen LogP contribution in [-0.2, 0) is 9.59 Å². The van der Waals surface area contributed by atoms with E-state index in [2.05, 4.69) is 18.9 Å². The number of rotatable bonds is 6. The molecular formula is C12H20N2O3. The summed E-state index contributed by atoms with van der Waals surface area (Å²) in [7, 11) is 0. The van der Waals surface area contributed by atoms with E-state index in [9.17, 15) is 9.59 Å². The van der Waals surface area contributed by atoms with Crippen LogP contribution in [-0.4, -0.2) is 34.2 Å². The third-order valence-corrected chi connectivity index (χ3v) is 2.90. The molecule has 96 valence electrons. The van der Waals surface area contributed by atoms with Gasteiger partial charge >= 0.3 is 5.97 Å². The van der Waals surface area contributed by atoms with Crippen LogP contribution in [0.5, 0.6) is 0 Å². The van der Waals surface area contributed by atoms with E-state index in [1.807, 2.05) is 0 Å². The highest BCUT2D eigenvalue weighted by atomic mass is 16.4. The van der Waals surface area contributed by atoms with Gasteiger partial charge in [-0.05, 0) is 25.7 Å². The predicted molar refractivity (Wildman–Crippen MR) is 64.6 cm³/mol. The molecule has 0 bridgehead atoms. The topological polar surface area (TPSA) is 70.0 Å². The van der Waals surface area contributed by atoms with Crippen LogP contribution in [0.3, 0.4) is 0 Å². The van der Waals surface area contributed by atoms with Crippen molar-refractivity contribution < 1.29 is 14.7 Å². The second-order valence-corrected chi connectivity index (χ2v) is 4.87. The minimum absolute atomic E-state index is 0.0152. The third kappa shape index (κ3) is 3.84. The number of hydrazone groups is 1. The zero-order valence-electron chi connectivity index (χ0n) is 10.6. The minimum atomic E-state index is -0.869. The zero-order chi connectivity index (χ0) is 13.0. The van der Waals surface area contributed by atoms with Gasteiger partial charge in [-0.15, -0.1) is 0 Å². The molecule has 1 atom stereocenters. The first-order valence-electron chi connectivity index (χ1n) is 6.00. The first-order chi connectivity index (χ1) is 7.91. The number of hydrogen-bond donors (Lipinski definition) is 1. The Kier molecular flexibility index (Phi) is 4.66. The molecule has 0 saturated heterocycles. The van der Waals surface area contributed by atoms with Crippen molar-refractivity contribution in [3.05, 3.63) is 0 Å². The molecular weight excluding hydrogens is 220 g/mol. The van der Waals surface area contributed by atoms with Crippen LogP contribution >= 0.6 is 0 Å². The van der Waals surface area contributed by atoms with E-state index in [4.69, 9.17) is 5.11 Å². The molecule has 1 aliphatic rings. The lowest BCUT2D eigenvalue weighted by molar-refractivity contribution is -0.137. The fraction of sp³-hybridized carbons (Fsp3) is 0.750. The smallest absolute Gasteiger partial charge is 0.303 e. The normalized spacial score (nSPS) is 20.0. The molecule has 1 heterocycles. The van der Waals surface area contributed by atoms with Crippen molar-refractivity contribution >= 4 is 17.6 Å². The molecule has 1 unspecified atom stereocenters. The summed E-state index contributed by atoms with van der Waals surface area (Å²) in [5, 5.41) is 14.3. The van der Waals surface area contributed by atoms with Gasteiger partial charge < -0.3 is 5.11 Å². The van der Waals surface area contributed by atoms with Crippen molar-refractivity contribution in [2.75, 3.05) is 6.54 Å². The Morgan fingerprint density at radius 3 is 2.71 bits per heavy atom. The van der Waals surface area contributed by atoms with Gasteiger partial charge in [0.2, 0.25) is 0 Å². The van der Waals surface area contributed by atoms with Crippen LogP contribution in [0.4, 0.5) is 0 Å². The fourth-order valence-electron chi connectivity index (χ4n) is 1.81. The number of hydrogen-bond acceptors (Lipinski definition) is 3. The number of aliphatic carboxylic acids is 1. The first-order valence-corrected chi connectivity index (χ1v) is 6.00. The number of carbonyl (C=O) groups is 2. The van der Waals surface area contributed by atoms with E-state index in [1.54, 1.807) is 6.92 Å². The number of carboxylic acid groups (broad SMARTS) is 1. The average Bonchev–Trinajstić information content (AvgIpc) is 2.48. The lowest BCUT2D eigenvalue weighted by Crippen LogP contribution is -2.29. The quantitative estimate of drug-likeness (QED) is 0.768. The van der Waals surface area contributed by atoms with Crippen LogP contribution in [0.1, 0.15) is 40.0 Å². The Balaban J connectivity index is 2.52. The van der Waals surface area contributed by atoms with Crippen molar-refractivity contribution in [2.24, 2.45) is 16.9 Å². The summed E-state index contributed by atoms with van der Waals surface area (Å²) >= 11 is 0. The van der Waals surface area contributed by atoms with E-state index in [0.29, 0.717) is 18.9 Å². The van der Waals surface area contributed by atoms with Crippen LogP contribution in [0.25, 0.3) is 0 Å². The summed E-state index contributed by atoms with van der Waals surface area (Å²) in [6.45, 7) is 6.61. The SMILES string of the molecule is CC1=NN(CCC(C)C)C(=O)C1CCC(=O)O. The Bertz CT molecular complexity index is 337. The lowest BCUT2D eigenvalue weighted by Gasteiger charge is -2.15. The van der Waals surface area contributed by atoms with Gasteiger partial charge in [0.25, 0.3) is 5.91 Å². The predicted octanol–water partition coefficient (Wildman–Crippen LogP) is 1.73. The Labute approximate surface area is 101 Å². The van der Waals surface area contributed by atoms with E-state index >= 15 is 0 Å². The molecule has 0 fully saturated rings. The maximum Gasteiger partial charge on any atom is 0.303 e. The number of carboxylic acids is 1. The zero-order valence-corrected chi connectivity index (χ0v) is 10.6. The van der Waals surface area contributed by atoms with Gasteiger partial charge in [0.15, 0.2) is 0 Å². The van der Waals surface area contributed by atoms with Gasteiger partial charge in [-0.3, -0.25) is 9.59 Å². The summed E-state index contributed by atoms with van der Waals surface area (Å²) < 4.78 is 0. The van der Waals surface area contributed by atoms with Gasteiger partial charge in [-0.25, -0.2) is 5.01 Å². The fourth-order valence-corrected chi connectivity index (χ4v) is 1.81. The van der Waals surface area contributed by atoms with E-state index < -0.39 is 5.97 Å². The summed E-state index contributed by atoms with van der Waals surface area (Å²) in [6, 6.07) is 0. The molecule has 0 radical (unpaired) electrons. The highest BCUT2D eigenvalue weighted by molar-refractivity contribution is 6.07. The van der Waals surface area contributed by atoms with Gasteiger partial charge in [0, 0.05) is 18.7 Å². The van der Waals surface area contributed by atoms with E-state index in [0.717, 1.165) is 12.1 Å². The van der Waals surface area contributed by atoms with Gasteiger partial charge in [-0.1, -0.05) is 13.8 Å². The van der Waals surface area contributed by atoms with Gasteiger partial charge in [0.05, 0.1) is 5.92 Å². The molecule has 0 saturated carbocycles. The standard InChI is InChI=1S/C12H20N2O3/c1-8(2)6-7-14-12(17)10(9(3)13-14)4-5-11(15)16/h8,10H,4-7H2,1-3H3,(H,15,16). The maximum atomic E-state index is 12.0. The van der Waals surface area contributed by atoms with Crippen molar-refractivity contribution in [1.29, 1.82) is 0 Å². The van der Waals surface area contributed by atoms with Crippen molar-refractivity contribution in [3.8, 4) is 0 Å². The highest BCUT2D eigenvalue weighted by Gasteiger charge is 2.33. The van der Waals surface area contributed by atoms with E-state index in [1.165, 1.54) is 5.01 Å². The van der Waals surface area contributed by atoms with Gasteiger partial charge in [0.1, 0.15) is 0 Å². The average molecular weight is 240 g/mol. The van der Waals surface area contributed by atoms with Crippen LogP contribution in [0.15, 0.2) is 5.10 Å². The van der Waals surface area contributed by atoms with Crippen LogP contribution in [0.2, 0.25) is 0 Å². The maximum absolute atomic E-state index is 12.0. The van der Waals surface area contributed by atoms with Crippen molar-refractivity contribution in [1.82, 2.24) is 5.01 Å². The van der Waals surface area contributed by atoms with Crippen LogP contribution < -0.4 is 0 Å². The van der Waals surface area contributed by atoms with Crippen molar-refractivity contribution in [3.63, 3.8) is 0 Å². The lowest BCUT2D eigenvalue weighted by atomic mass is 9.98. The molecule has 0 aromatic carbocycles. The molecule has 5 nitrogen and oxygen atoms in total. The molecule has 0 aromatic rings. The molecule has 0 aromatic heterocycles.